The van der Waals surface area contributed by atoms with Gasteiger partial charge in [-0.1, -0.05) is 39.8 Å². The van der Waals surface area contributed by atoms with Crippen molar-refractivity contribution in [2.45, 2.75) is 61.4 Å². The van der Waals surface area contributed by atoms with Gasteiger partial charge in [-0.05, 0) is 78.8 Å². The van der Waals surface area contributed by atoms with Crippen LogP contribution in [0.15, 0.2) is 42.5 Å². The lowest BCUT2D eigenvalue weighted by molar-refractivity contribution is 0.00299. The Morgan fingerprint density at radius 2 is 1.73 bits per heavy atom. The van der Waals surface area contributed by atoms with Gasteiger partial charge < -0.3 is 39.4 Å². The van der Waals surface area contributed by atoms with Gasteiger partial charge in [0.05, 0.1) is 21.3 Å². The monoisotopic (exact) mass is 650 g/mol. The van der Waals surface area contributed by atoms with Crippen molar-refractivity contribution in [2.75, 3.05) is 27.1 Å². The van der Waals surface area contributed by atoms with Gasteiger partial charge in [0.15, 0.2) is 17.6 Å². The summed E-state index contributed by atoms with van der Waals surface area (Å²) in [5, 5.41) is 45.0. The lowest BCUT2D eigenvalue weighted by atomic mass is 9.71. The van der Waals surface area contributed by atoms with E-state index in [1.165, 1.54) is 20.3 Å². The van der Waals surface area contributed by atoms with Crippen molar-refractivity contribution in [2.24, 2.45) is 5.92 Å². The Morgan fingerprint density at radius 3 is 2.51 bits per heavy atom. The molecule has 0 unspecified atom stereocenters. The van der Waals surface area contributed by atoms with E-state index in [4.69, 9.17) is 18.9 Å². The van der Waals surface area contributed by atoms with E-state index in [-0.39, 0.29) is 46.1 Å². The number of methoxy groups -OCH3 is 3. The lowest BCUT2D eigenvalue weighted by Crippen LogP contribution is -2.37. The van der Waals surface area contributed by atoms with E-state index in [2.05, 4.69) is 12.2 Å². The number of hydrogen-bond donors (Lipinski definition) is 4. The molecule has 0 amide bonds. The van der Waals surface area contributed by atoms with Gasteiger partial charge in [-0.25, -0.2) is 0 Å². The number of phenols is 3. The SMILES string of the molecule is COc1cc([C@@H]2Oc3cc(OC)c4c5c3[C@@H](CSS[C@@H]3C=CC[C@@H](CC[C@@H](C5)c5cc(O)ccc5-4)C3)[C@H]2O)c(O)c(OC)c1O. The summed E-state index contributed by atoms with van der Waals surface area (Å²) >= 11 is 0. The van der Waals surface area contributed by atoms with E-state index in [0.717, 1.165) is 59.9 Å². The minimum absolute atomic E-state index is 0.102. The van der Waals surface area contributed by atoms with Crippen LogP contribution in [0.4, 0.5) is 0 Å². The van der Waals surface area contributed by atoms with Crippen molar-refractivity contribution in [1.29, 1.82) is 0 Å². The van der Waals surface area contributed by atoms with Crippen molar-refractivity contribution < 1.29 is 39.4 Å². The van der Waals surface area contributed by atoms with Crippen molar-refractivity contribution in [3.63, 3.8) is 0 Å². The molecule has 4 bridgehead atoms. The fourth-order valence-electron chi connectivity index (χ4n) is 7.69. The summed E-state index contributed by atoms with van der Waals surface area (Å²) in [6, 6.07) is 9.00. The molecule has 6 atom stereocenters. The number of benzene rings is 3. The zero-order chi connectivity index (χ0) is 31.4. The van der Waals surface area contributed by atoms with Crippen molar-refractivity contribution >= 4 is 21.6 Å². The summed E-state index contributed by atoms with van der Waals surface area (Å²) < 4.78 is 23.3. The molecule has 4 N–H and O–H groups in total. The van der Waals surface area contributed by atoms with E-state index >= 15 is 0 Å². The van der Waals surface area contributed by atoms with Crippen LogP contribution in [0.25, 0.3) is 11.1 Å². The molecular formula is C35H38O8S2. The van der Waals surface area contributed by atoms with Crippen LogP contribution in [-0.4, -0.2) is 58.9 Å². The topological polar surface area (TPSA) is 118 Å². The van der Waals surface area contributed by atoms with Gasteiger partial charge in [-0.2, -0.15) is 0 Å². The first kappa shape index (κ1) is 30.3. The normalized spacial score (nSPS) is 26.8. The van der Waals surface area contributed by atoms with Crippen LogP contribution >= 0.6 is 21.6 Å². The molecule has 4 aliphatic rings. The highest BCUT2D eigenvalue weighted by Gasteiger charge is 2.44. The highest BCUT2D eigenvalue weighted by atomic mass is 33.1. The Balaban J connectivity index is 1.43. The quantitative estimate of drug-likeness (QED) is 0.170. The fourth-order valence-corrected chi connectivity index (χ4v) is 10.6. The summed E-state index contributed by atoms with van der Waals surface area (Å²) in [6.45, 7) is 0. The Labute approximate surface area is 270 Å². The third kappa shape index (κ3) is 5.15. The van der Waals surface area contributed by atoms with Gasteiger partial charge in [0.2, 0.25) is 11.5 Å². The van der Waals surface area contributed by atoms with Crippen molar-refractivity contribution in [3.8, 4) is 51.4 Å². The summed E-state index contributed by atoms with van der Waals surface area (Å²) in [5.74, 6) is 1.88. The van der Waals surface area contributed by atoms with E-state index in [1.807, 2.05) is 29.0 Å². The minimum Gasteiger partial charge on any atom is -0.508 e. The zero-order valence-electron chi connectivity index (χ0n) is 25.5. The van der Waals surface area contributed by atoms with Gasteiger partial charge in [0, 0.05) is 39.7 Å². The molecule has 0 fully saturated rings. The first-order valence-electron chi connectivity index (χ1n) is 15.4. The van der Waals surface area contributed by atoms with Crippen LogP contribution in [-0.2, 0) is 6.42 Å². The third-order valence-electron chi connectivity index (χ3n) is 9.87. The third-order valence-corrected chi connectivity index (χ3v) is 12.7. The van der Waals surface area contributed by atoms with Crippen molar-refractivity contribution in [1.82, 2.24) is 0 Å². The molecule has 238 valence electrons. The predicted octanol–water partition coefficient (Wildman–Crippen LogP) is 7.22. The van der Waals surface area contributed by atoms with E-state index in [9.17, 15) is 20.4 Å². The van der Waals surface area contributed by atoms with E-state index < -0.39 is 12.2 Å². The highest BCUT2D eigenvalue weighted by Crippen LogP contribution is 2.58. The summed E-state index contributed by atoms with van der Waals surface area (Å²) in [4.78, 5) is 0. The Morgan fingerprint density at radius 1 is 0.911 bits per heavy atom. The number of aliphatic hydroxyl groups excluding tert-OH is 1. The molecule has 0 radical (unpaired) electrons. The maximum Gasteiger partial charge on any atom is 0.207 e. The average molecular weight is 651 g/mol. The molecule has 3 aromatic rings. The molecule has 2 aliphatic heterocycles. The second-order valence-corrected chi connectivity index (χ2v) is 15.0. The highest BCUT2D eigenvalue weighted by molar-refractivity contribution is 8.77. The first-order valence-corrected chi connectivity index (χ1v) is 17.7. The summed E-state index contributed by atoms with van der Waals surface area (Å²) in [5.41, 5.74) is 5.46. The molecule has 0 saturated heterocycles. The number of phenolic OH excluding ortho intramolecular Hbond substituents is 3. The van der Waals surface area contributed by atoms with Crippen LogP contribution < -0.4 is 18.9 Å². The minimum atomic E-state index is -1.03. The molecule has 10 heteroatoms. The van der Waals surface area contributed by atoms with Crippen LogP contribution in [0.5, 0.6) is 40.2 Å². The molecular weight excluding hydrogens is 613 g/mol. The lowest BCUT2D eigenvalue weighted by Gasteiger charge is -2.41. The van der Waals surface area contributed by atoms with Gasteiger partial charge in [-0.15, -0.1) is 0 Å². The maximum atomic E-state index is 12.2. The number of hydrogen-bond acceptors (Lipinski definition) is 10. The predicted molar refractivity (Wildman–Crippen MR) is 176 cm³/mol. The fraction of sp³-hybridized carbons (Fsp3) is 0.429. The van der Waals surface area contributed by atoms with Gasteiger partial charge in [0.1, 0.15) is 23.4 Å². The molecule has 3 aromatic carbocycles. The molecule has 7 rings (SSSR count). The van der Waals surface area contributed by atoms with Gasteiger partial charge in [0.25, 0.3) is 0 Å². The zero-order valence-corrected chi connectivity index (χ0v) is 27.1. The Kier molecular flexibility index (Phi) is 8.16. The molecule has 2 aliphatic carbocycles. The standard InChI is InChI=1S/C35H38O8S2/c1-40-26-15-27-30-23-12-18(22-13-19(36)9-10-21(22)29(23)26)8-7-17-5-4-6-20(11-17)45-44-16-25(30)32(38)34(43-27)24-14-28(41-2)33(39)35(42-3)31(24)37/h4,6,9-10,13-15,17-18,20,25,32,34,36-39H,5,7-8,11-12,16H2,1-3H3/t17-,18-,20+,25+,32+,34-/m0/s1. The molecule has 2 heterocycles. The average Bonchev–Trinajstić information content (AvgIpc) is 3.05. The van der Waals surface area contributed by atoms with Crippen LogP contribution in [0, 0.1) is 5.92 Å². The molecule has 45 heavy (non-hydrogen) atoms. The smallest absolute Gasteiger partial charge is 0.207 e. The summed E-state index contributed by atoms with van der Waals surface area (Å²) in [6.07, 6.45) is 7.64. The number of aromatic hydroxyl groups is 3. The van der Waals surface area contributed by atoms with Gasteiger partial charge >= 0.3 is 0 Å². The number of fused-ring (bicyclic) bond motifs is 6. The van der Waals surface area contributed by atoms with Crippen LogP contribution in [0.1, 0.15) is 65.9 Å². The Hall–Kier alpha value is -3.34. The number of ether oxygens (including phenoxy) is 4. The molecule has 0 aromatic heterocycles. The van der Waals surface area contributed by atoms with E-state index in [0.29, 0.717) is 28.4 Å². The number of rotatable bonds is 4. The second-order valence-electron chi connectivity index (χ2n) is 12.3. The largest absolute Gasteiger partial charge is 0.508 e. The van der Waals surface area contributed by atoms with Gasteiger partial charge in [-0.3, -0.25) is 0 Å². The molecule has 8 nitrogen and oxygen atoms in total. The molecule has 0 saturated carbocycles. The molecule has 0 spiro atoms. The Bertz CT molecular complexity index is 1660. The van der Waals surface area contributed by atoms with E-state index in [1.54, 1.807) is 24.0 Å². The first-order chi connectivity index (χ1) is 21.8. The maximum absolute atomic E-state index is 12.2. The number of aliphatic hydroxyl groups is 1. The second kappa shape index (κ2) is 12.1. The van der Waals surface area contributed by atoms with Crippen LogP contribution in [0.3, 0.4) is 0 Å². The summed E-state index contributed by atoms with van der Waals surface area (Å²) in [7, 11) is 8.03. The van der Waals surface area contributed by atoms with Crippen molar-refractivity contribution in [3.05, 3.63) is 64.7 Å². The number of allylic oxidation sites excluding steroid dienone is 1. The van der Waals surface area contributed by atoms with Crippen LogP contribution in [0.2, 0.25) is 0 Å².